The SMILES string of the molecule is CCN(c1ccccc1)S(=O)(=O)c1ccc(Cl)c(NC(=O)COc2cccnc2[N+](=O)[O-])c1. The van der Waals surface area contributed by atoms with Gasteiger partial charge in [0.2, 0.25) is 5.75 Å². The van der Waals surface area contributed by atoms with Crippen LogP contribution in [0.1, 0.15) is 6.92 Å². The standard InChI is InChI=1S/C21H19ClN4O6S/c1-2-25(15-7-4-3-5-8-15)33(30,31)16-10-11-17(22)18(13-16)24-20(27)14-32-19-9-6-12-23-21(19)26(28)29/h3-13H,2,14H2,1H3,(H,24,27). The predicted molar refractivity (Wildman–Crippen MR) is 123 cm³/mol. The Kier molecular flexibility index (Phi) is 7.46. The van der Waals surface area contributed by atoms with Crippen molar-refractivity contribution in [1.29, 1.82) is 0 Å². The number of aromatic nitrogens is 1. The van der Waals surface area contributed by atoms with Gasteiger partial charge in [0.1, 0.15) is 6.20 Å². The summed E-state index contributed by atoms with van der Waals surface area (Å²) in [5.41, 5.74) is 0.545. The summed E-state index contributed by atoms with van der Waals surface area (Å²) in [6, 6.07) is 15.3. The molecule has 33 heavy (non-hydrogen) atoms. The van der Waals surface area contributed by atoms with Crippen molar-refractivity contribution in [3.05, 3.63) is 82.0 Å². The van der Waals surface area contributed by atoms with Gasteiger partial charge < -0.3 is 20.2 Å². The summed E-state index contributed by atoms with van der Waals surface area (Å²) in [4.78, 5) is 26.1. The highest BCUT2D eigenvalue weighted by molar-refractivity contribution is 7.92. The lowest BCUT2D eigenvalue weighted by Gasteiger charge is -2.23. The molecular formula is C21H19ClN4O6S. The molecule has 2 aromatic carbocycles. The fourth-order valence-corrected chi connectivity index (χ4v) is 4.60. The third kappa shape index (κ3) is 5.57. The van der Waals surface area contributed by atoms with Gasteiger partial charge in [0.25, 0.3) is 15.9 Å². The van der Waals surface area contributed by atoms with Crippen LogP contribution in [-0.4, -0.2) is 37.4 Å². The number of nitro groups is 1. The van der Waals surface area contributed by atoms with E-state index < -0.39 is 33.3 Å². The van der Waals surface area contributed by atoms with Crippen LogP contribution >= 0.6 is 11.6 Å². The maximum Gasteiger partial charge on any atom is 0.406 e. The van der Waals surface area contributed by atoms with Gasteiger partial charge in [0, 0.05) is 6.54 Å². The largest absolute Gasteiger partial charge is 0.476 e. The van der Waals surface area contributed by atoms with Crippen LogP contribution < -0.4 is 14.4 Å². The molecule has 0 aliphatic rings. The Morgan fingerprint density at radius 3 is 2.58 bits per heavy atom. The van der Waals surface area contributed by atoms with Crippen molar-refractivity contribution in [2.45, 2.75) is 11.8 Å². The minimum absolute atomic E-state index is 0.0520. The van der Waals surface area contributed by atoms with Gasteiger partial charge in [0.05, 0.1) is 21.3 Å². The zero-order chi connectivity index (χ0) is 24.0. The van der Waals surface area contributed by atoms with Crippen LogP contribution in [-0.2, 0) is 14.8 Å². The van der Waals surface area contributed by atoms with Crippen molar-refractivity contribution in [2.75, 3.05) is 22.8 Å². The molecular weight excluding hydrogens is 472 g/mol. The summed E-state index contributed by atoms with van der Waals surface area (Å²) in [7, 11) is -3.94. The van der Waals surface area contributed by atoms with Crippen LogP contribution in [0.15, 0.2) is 71.8 Å². The first-order valence-electron chi connectivity index (χ1n) is 9.63. The van der Waals surface area contributed by atoms with Gasteiger partial charge in [-0.2, -0.15) is 0 Å². The molecule has 0 atom stereocenters. The lowest BCUT2D eigenvalue weighted by Crippen LogP contribution is -2.30. The minimum Gasteiger partial charge on any atom is -0.476 e. The number of nitrogens with zero attached hydrogens (tertiary/aromatic N) is 3. The van der Waals surface area contributed by atoms with E-state index in [1.807, 2.05) is 0 Å². The molecule has 0 saturated carbocycles. The highest BCUT2D eigenvalue weighted by Crippen LogP contribution is 2.29. The molecule has 1 N–H and O–H groups in total. The molecule has 0 aliphatic carbocycles. The summed E-state index contributed by atoms with van der Waals surface area (Å²) in [5.74, 6) is -1.40. The molecule has 1 amide bonds. The zero-order valence-corrected chi connectivity index (χ0v) is 18.9. The van der Waals surface area contributed by atoms with Crippen LogP contribution in [0, 0.1) is 10.1 Å². The van der Waals surface area contributed by atoms with Crippen LogP contribution in [0.5, 0.6) is 5.75 Å². The molecule has 3 aromatic rings. The molecule has 0 spiro atoms. The molecule has 10 nitrogen and oxygen atoms in total. The number of rotatable bonds is 9. The second-order valence-corrected chi connectivity index (χ2v) is 8.84. The summed E-state index contributed by atoms with van der Waals surface area (Å²) in [5, 5.41) is 13.6. The number of sulfonamides is 1. The second-order valence-electron chi connectivity index (χ2n) is 6.57. The van der Waals surface area contributed by atoms with E-state index in [1.54, 1.807) is 37.3 Å². The number of carbonyl (C=O) groups is 1. The number of halogens is 1. The van der Waals surface area contributed by atoms with Gasteiger partial charge >= 0.3 is 5.82 Å². The summed E-state index contributed by atoms with van der Waals surface area (Å²) in [6.07, 6.45) is 1.23. The van der Waals surface area contributed by atoms with E-state index in [2.05, 4.69) is 10.3 Å². The highest BCUT2D eigenvalue weighted by atomic mass is 35.5. The Bertz CT molecular complexity index is 1270. The lowest BCUT2D eigenvalue weighted by molar-refractivity contribution is -0.390. The van der Waals surface area contributed by atoms with Crippen LogP contribution in [0.3, 0.4) is 0 Å². The topological polar surface area (TPSA) is 132 Å². The number of anilines is 2. The quantitative estimate of drug-likeness (QED) is 0.355. The average molecular weight is 491 g/mol. The fraction of sp³-hybridized carbons (Fsp3) is 0.143. The summed E-state index contributed by atoms with van der Waals surface area (Å²) >= 11 is 6.14. The third-order valence-corrected chi connectivity index (χ3v) is 6.64. The first-order valence-corrected chi connectivity index (χ1v) is 11.4. The number of pyridine rings is 1. The summed E-state index contributed by atoms with van der Waals surface area (Å²) in [6.45, 7) is 1.32. The van der Waals surface area contributed by atoms with Gasteiger partial charge in [-0.05, 0) is 59.3 Å². The Hall–Kier alpha value is -3.70. The molecule has 0 radical (unpaired) electrons. The Morgan fingerprint density at radius 2 is 1.91 bits per heavy atom. The van der Waals surface area contributed by atoms with E-state index in [0.29, 0.717) is 5.69 Å². The van der Waals surface area contributed by atoms with E-state index in [4.69, 9.17) is 16.3 Å². The van der Waals surface area contributed by atoms with Gasteiger partial charge in [-0.25, -0.2) is 8.42 Å². The van der Waals surface area contributed by atoms with Crippen LogP contribution in [0.25, 0.3) is 0 Å². The van der Waals surface area contributed by atoms with Crippen molar-refractivity contribution in [3.63, 3.8) is 0 Å². The minimum atomic E-state index is -3.94. The Morgan fingerprint density at radius 1 is 1.18 bits per heavy atom. The zero-order valence-electron chi connectivity index (χ0n) is 17.3. The average Bonchev–Trinajstić information content (AvgIpc) is 2.80. The second kappa shape index (κ2) is 10.3. The summed E-state index contributed by atoms with van der Waals surface area (Å²) < 4.78 is 32.8. The molecule has 12 heteroatoms. The molecule has 0 fully saturated rings. The van der Waals surface area contributed by atoms with Gasteiger partial charge in [-0.15, -0.1) is 0 Å². The molecule has 0 unspecified atom stereocenters. The maximum absolute atomic E-state index is 13.2. The van der Waals surface area contributed by atoms with Crippen LogP contribution in [0.2, 0.25) is 5.02 Å². The van der Waals surface area contributed by atoms with Gasteiger partial charge in [0.15, 0.2) is 6.61 Å². The monoisotopic (exact) mass is 490 g/mol. The number of carbonyl (C=O) groups excluding carboxylic acids is 1. The lowest BCUT2D eigenvalue weighted by atomic mass is 10.3. The van der Waals surface area contributed by atoms with Gasteiger partial charge in [-0.1, -0.05) is 29.8 Å². The number of amides is 1. The van der Waals surface area contributed by atoms with Crippen LogP contribution in [0.4, 0.5) is 17.2 Å². The number of ether oxygens (including phenoxy) is 1. The highest BCUT2D eigenvalue weighted by Gasteiger charge is 2.25. The number of benzene rings is 2. The Labute approximate surface area is 195 Å². The van der Waals surface area contributed by atoms with E-state index in [9.17, 15) is 23.3 Å². The third-order valence-electron chi connectivity index (χ3n) is 4.41. The van der Waals surface area contributed by atoms with E-state index >= 15 is 0 Å². The molecule has 172 valence electrons. The molecule has 1 heterocycles. The fourth-order valence-electron chi connectivity index (χ4n) is 2.94. The molecule has 0 bridgehead atoms. The van der Waals surface area contributed by atoms with Crippen molar-refractivity contribution in [2.24, 2.45) is 0 Å². The smallest absolute Gasteiger partial charge is 0.406 e. The normalized spacial score (nSPS) is 11.0. The molecule has 0 aliphatic heterocycles. The van der Waals surface area contributed by atoms with Crippen molar-refractivity contribution in [3.8, 4) is 5.75 Å². The maximum atomic E-state index is 13.2. The number of hydrogen-bond donors (Lipinski definition) is 1. The number of para-hydroxylation sites is 1. The van der Waals surface area contributed by atoms with Gasteiger partial charge in [-0.3, -0.25) is 9.10 Å². The first-order chi connectivity index (χ1) is 15.7. The molecule has 3 rings (SSSR count). The Balaban J connectivity index is 1.79. The number of hydrogen-bond acceptors (Lipinski definition) is 7. The van der Waals surface area contributed by atoms with Crippen molar-refractivity contribution in [1.82, 2.24) is 4.98 Å². The molecule has 1 aromatic heterocycles. The van der Waals surface area contributed by atoms with E-state index in [1.165, 1.54) is 40.8 Å². The predicted octanol–water partition coefficient (Wildman–Crippen LogP) is 3.88. The van der Waals surface area contributed by atoms with Crippen molar-refractivity contribution < 1.29 is 22.9 Å². The van der Waals surface area contributed by atoms with E-state index in [0.717, 1.165) is 0 Å². The number of nitrogens with one attached hydrogen (secondary N) is 1. The molecule has 0 saturated heterocycles. The van der Waals surface area contributed by atoms with E-state index in [-0.39, 0.29) is 27.9 Å². The van der Waals surface area contributed by atoms with Crippen molar-refractivity contribution >= 4 is 44.7 Å². The first kappa shape index (κ1) is 24.0.